The second kappa shape index (κ2) is 7.91. The van der Waals surface area contributed by atoms with Crippen molar-refractivity contribution in [2.45, 2.75) is 37.1 Å². The number of rotatable bonds is 4. The van der Waals surface area contributed by atoms with Gasteiger partial charge in [0.15, 0.2) is 0 Å². The van der Waals surface area contributed by atoms with Crippen molar-refractivity contribution in [1.29, 1.82) is 5.26 Å². The maximum absolute atomic E-state index is 13.0. The number of hydrogen-bond donors (Lipinski definition) is 1. The van der Waals surface area contributed by atoms with Crippen LogP contribution >= 0.6 is 0 Å². The molecule has 140 valence electrons. The van der Waals surface area contributed by atoms with Crippen LogP contribution in [0, 0.1) is 11.3 Å². The number of sulfonamides is 1. The Hall–Kier alpha value is -2.69. The molecule has 2 aromatic rings. The Kier molecular flexibility index (Phi) is 5.59. The Morgan fingerprint density at radius 2 is 1.96 bits per heavy atom. The molecule has 1 heterocycles. The highest BCUT2D eigenvalue weighted by Crippen LogP contribution is 2.25. The Labute approximate surface area is 159 Å². The first-order valence-corrected chi connectivity index (χ1v) is 10.3. The summed E-state index contributed by atoms with van der Waals surface area (Å²) in [6.07, 6.45) is 2.71. The second-order valence-corrected chi connectivity index (χ2v) is 8.53. The smallest absolute Gasteiger partial charge is 0.255 e. The SMILES string of the molecule is CC1CCCCN1S(=O)(=O)c1cccc(C(=O)Nc2cccc(C#N)c2)c1. The van der Waals surface area contributed by atoms with Crippen LogP contribution < -0.4 is 5.32 Å². The fourth-order valence-electron chi connectivity index (χ4n) is 3.23. The number of nitrogens with one attached hydrogen (secondary N) is 1. The number of hydrogen-bond acceptors (Lipinski definition) is 4. The van der Waals surface area contributed by atoms with E-state index < -0.39 is 15.9 Å². The number of piperidine rings is 1. The number of nitrogens with zero attached hydrogens (tertiary/aromatic N) is 2. The molecular formula is C20H21N3O3S. The summed E-state index contributed by atoms with van der Waals surface area (Å²) in [6.45, 7) is 2.41. The van der Waals surface area contributed by atoms with Gasteiger partial charge < -0.3 is 5.32 Å². The normalized spacial score (nSPS) is 17.9. The lowest BCUT2D eigenvalue weighted by molar-refractivity contribution is 0.102. The van der Waals surface area contributed by atoms with Gasteiger partial charge in [-0.1, -0.05) is 18.6 Å². The van der Waals surface area contributed by atoms with Gasteiger partial charge in [-0.15, -0.1) is 0 Å². The van der Waals surface area contributed by atoms with E-state index in [0.29, 0.717) is 17.8 Å². The molecule has 3 rings (SSSR count). The van der Waals surface area contributed by atoms with Gasteiger partial charge in [0.05, 0.1) is 16.5 Å². The zero-order valence-corrected chi connectivity index (χ0v) is 15.9. The predicted octanol–water partition coefficient (Wildman–Crippen LogP) is 3.37. The van der Waals surface area contributed by atoms with Crippen molar-refractivity contribution < 1.29 is 13.2 Å². The van der Waals surface area contributed by atoms with E-state index in [2.05, 4.69) is 5.32 Å². The highest BCUT2D eigenvalue weighted by molar-refractivity contribution is 7.89. The molecule has 1 N–H and O–H groups in total. The van der Waals surface area contributed by atoms with Crippen LogP contribution in [0.5, 0.6) is 0 Å². The number of benzene rings is 2. The summed E-state index contributed by atoms with van der Waals surface area (Å²) in [4.78, 5) is 12.7. The highest BCUT2D eigenvalue weighted by Gasteiger charge is 2.31. The Morgan fingerprint density at radius 1 is 1.19 bits per heavy atom. The van der Waals surface area contributed by atoms with E-state index in [1.54, 1.807) is 36.4 Å². The minimum Gasteiger partial charge on any atom is -0.322 e. The summed E-state index contributed by atoms with van der Waals surface area (Å²) in [5.41, 5.74) is 1.17. The highest BCUT2D eigenvalue weighted by atomic mass is 32.2. The van der Waals surface area contributed by atoms with E-state index in [1.807, 2.05) is 13.0 Å². The first-order chi connectivity index (χ1) is 12.9. The summed E-state index contributed by atoms with van der Waals surface area (Å²) in [5, 5.41) is 11.7. The molecule has 0 bridgehead atoms. The molecule has 1 amide bonds. The lowest BCUT2D eigenvalue weighted by Gasteiger charge is -2.32. The molecule has 1 atom stereocenters. The molecule has 1 aliphatic heterocycles. The molecule has 1 fully saturated rings. The third kappa shape index (κ3) is 4.18. The van der Waals surface area contributed by atoms with Gasteiger partial charge in [-0.25, -0.2) is 8.42 Å². The average Bonchev–Trinajstić information content (AvgIpc) is 2.68. The minimum atomic E-state index is -3.64. The Morgan fingerprint density at radius 3 is 2.70 bits per heavy atom. The quantitative estimate of drug-likeness (QED) is 0.876. The number of anilines is 1. The monoisotopic (exact) mass is 383 g/mol. The number of nitriles is 1. The molecule has 1 aliphatic rings. The average molecular weight is 383 g/mol. The van der Waals surface area contributed by atoms with Gasteiger partial charge in [0.25, 0.3) is 5.91 Å². The number of carbonyl (C=O) groups excluding carboxylic acids is 1. The van der Waals surface area contributed by atoms with Crippen LogP contribution in [0.1, 0.15) is 42.1 Å². The first-order valence-electron chi connectivity index (χ1n) is 8.85. The van der Waals surface area contributed by atoms with Crippen LogP contribution in [0.25, 0.3) is 0 Å². The van der Waals surface area contributed by atoms with E-state index in [4.69, 9.17) is 5.26 Å². The van der Waals surface area contributed by atoms with Crippen molar-refractivity contribution >= 4 is 21.6 Å². The molecule has 1 saturated heterocycles. The van der Waals surface area contributed by atoms with E-state index in [0.717, 1.165) is 19.3 Å². The second-order valence-electron chi connectivity index (χ2n) is 6.64. The standard InChI is InChI=1S/C20H21N3O3S/c1-15-6-2-3-11-23(15)27(25,26)19-10-5-8-17(13-19)20(24)22-18-9-4-7-16(12-18)14-21/h4-5,7-10,12-13,15H,2-3,6,11H2,1H3,(H,22,24). The van der Waals surface area contributed by atoms with Crippen molar-refractivity contribution in [2.75, 3.05) is 11.9 Å². The maximum atomic E-state index is 13.0. The predicted molar refractivity (Wildman–Crippen MR) is 103 cm³/mol. The molecule has 0 radical (unpaired) electrons. The lowest BCUT2D eigenvalue weighted by atomic mass is 10.1. The van der Waals surface area contributed by atoms with Crippen molar-refractivity contribution in [3.05, 3.63) is 59.7 Å². The molecule has 0 saturated carbocycles. The summed E-state index contributed by atoms with van der Waals surface area (Å²) >= 11 is 0. The summed E-state index contributed by atoms with van der Waals surface area (Å²) < 4.78 is 27.5. The molecule has 6 nitrogen and oxygen atoms in total. The van der Waals surface area contributed by atoms with Gasteiger partial charge in [0, 0.05) is 23.8 Å². The maximum Gasteiger partial charge on any atom is 0.255 e. The lowest BCUT2D eigenvalue weighted by Crippen LogP contribution is -2.41. The van der Waals surface area contributed by atoms with Gasteiger partial charge in [0.2, 0.25) is 10.0 Å². The van der Waals surface area contributed by atoms with E-state index in [9.17, 15) is 13.2 Å². The fraction of sp³-hybridized carbons (Fsp3) is 0.300. The van der Waals surface area contributed by atoms with Gasteiger partial charge in [-0.3, -0.25) is 4.79 Å². The van der Waals surface area contributed by atoms with Crippen LogP contribution in [-0.2, 0) is 10.0 Å². The van der Waals surface area contributed by atoms with Crippen LogP contribution in [0.3, 0.4) is 0 Å². The molecule has 7 heteroatoms. The van der Waals surface area contributed by atoms with Crippen molar-refractivity contribution in [1.82, 2.24) is 4.31 Å². The van der Waals surface area contributed by atoms with Crippen LogP contribution in [0.4, 0.5) is 5.69 Å². The van der Waals surface area contributed by atoms with E-state index in [-0.39, 0.29) is 16.5 Å². The Balaban J connectivity index is 1.84. The van der Waals surface area contributed by atoms with Gasteiger partial charge in [-0.05, 0) is 56.2 Å². The van der Waals surface area contributed by atoms with Crippen molar-refractivity contribution in [3.63, 3.8) is 0 Å². The topological polar surface area (TPSA) is 90.3 Å². The third-order valence-electron chi connectivity index (χ3n) is 4.69. The summed E-state index contributed by atoms with van der Waals surface area (Å²) in [6, 6.07) is 14.6. The first kappa shape index (κ1) is 19.1. The van der Waals surface area contributed by atoms with E-state index >= 15 is 0 Å². The van der Waals surface area contributed by atoms with Crippen molar-refractivity contribution in [3.8, 4) is 6.07 Å². The zero-order chi connectivity index (χ0) is 19.4. The largest absolute Gasteiger partial charge is 0.322 e. The number of amides is 1. The van der Waals surface area contributed by atoms with Gasteiger partial charge in [-0.2, -0.15) is 9.57 Å². The summed E-state index contributed by atoms with van der Waals surface area (Å²) in [7, 11) is -3.64. The Bertz CT molecular complexity index is 996. The molecule has 27 heavy (non-hydrogen) atoms. The molecule has 0 aromatic heterocycles. The third-order valence-corrected chi connectivity index (χ3v) is 6.70. The van der Waals surface area contributed by atoms with E-state index in [1.165, 1.54) is 16.4 Å². The van der Waals surface area contributed by atoms with Crippen molar-refractivity contribution in [2.24, 2.45) is 0 Å². The molecular weight excluding hydrogens is 362 g/mol. The van der Waals surface area contributed by atoms with Gasteiger partial charge in [0.1, 0.15) is 0 Å². The van der Waals surface area contributed by atoms with Gasteiger partial charge >= 0.3 is 0 Å². The molecule has 2 aromatic carbocycles. The van der Waals surface area contributed by atoms with Crippen LogP contribution in [0.2, 0.25) is 0 Å². The zero-order valence-electron chi connectivity index (χ0n) is 15.1. The molecule has 0 aliphatic carbocycles. The van der Waals surface area contributed by atoms with Crippen LogP contribution in [-0.4, -0.2) is 31.2 Å². The molecule has 0 spiro atoms. The summed E-state index contributed by atoms with van der Waals surface area (Å²) in [5.74, 6) is -0.422. The minimum absolute atomic E-state index is 0.0463. The van der Waals surface area contributed by atoms with Crippen LogP contribution in [0.15, 0.2) is 53.4 Å². The molecule has 1 unspecified atom stereocenters. The number of carbonyl (C=O) groups is 1. The fourth-order valence-corrected chi connectivity index (χ4v) is 4.98.